The summed E-state index contributed by atoms with van der Waals surface area (Å²) >= 11 is 6.21. The third-order valence-corrected chi connectivity index (χ3v) is 6.06. The number of hydrogen-bond acceptors (Lipinski definition) is 3. The molecule has 0 bridgehead atoms. The number of nitrogens with zero attached hydrogens (tertiary/aromatic N) is 1. The van der Waals surface area contributed by atoms with E-state index in [4.69, 9.17) is 11.6 Å². The van der Waals surface area contributed by atoms with E-state index in [9.17, 15) is 13.2 Å². The Morgan fingerprint density at radius 1 is 1.20 bits per heavy atom. The first-order chi connectivity index (χ1) is 11.8. The number of sulfonamides is 1. The van der Waals surface area contributed by atoms with Crippen molar-refractivity contribution in [3.8, 4) is 0 Å². The molecule has 0 saturated carbocycles. The first kappa shape index (κ1) is 19.3. The maximum absolute atomic E-state index is 12.7. The van der Waals surface area contributed by atoms with Crippen molar-refractivity contribution in [1.82, 2.24) is 5.32 Å². The minimum atomic E-state index is -3.69. The summed E-state index contributed by atoms with van der Waals surface area (Å²) in [4.78, 5) is 12.4. The molecule has 0 aromatic heterocycles. The number of hydrogen-bond donors (Lipinski definition) is 1. The molecule has 2 aromatic rings. The molecule has 0 radical (unpaired) electrons. The van der Waals surface area contributed by atoms with Gasteiger partial charge in [0.15, 0.2) is 0 Å². The zero-order valence-electron chi connectivity index (χ0n) is 14.4. The van der Waals surface area contributed by atoms with E-state index >= 15 is 0 Å². The van der Waals surface area contributed by atoms with Crippen molar-refractivity contribution in [2.24, 2.45) is 0 Å². The molecule has 0 fully saturated rings. The molecule has 2 rings (SSSR count). The lowest BCUT2D eigenvalue weighted by Gasteiger charge is -2.20. The quantitative estimate of drug-likeness (QED) is 0.831. The number of anilines is 1. The van der Waals surface area contributed by atoms with Crippen LogP contribution >= 0.6 is 11.6 Å². The lowest BCUT2D eigenvalue weighted by Crippen LogP contribution is -2.32. The minimum absolute atomic E-state index is 0.0318. The van der Waals surface area contributed by atoms with Crippen molar-refractivity contribution in [2.45, 2.75) is 31.2 Å². The Morgan fingerprint density at radius 3 is 2.40 bits per heavy atom. The summed E-state index contributed by atoms with van der Waals surface area (Å²) in [6.07, 6.45) is 0.805. The SMILES string of the molecule is CC[C@@H](C)NC(=O)c1ccc(N(C)S(=O)(=O)c2ccccc2)cc1Cl. The topological polar surface area (TPSA) is 66.5 Å². The summed E-state index contributed by atoms with van der Waals surface area (Å²) in [5.41, 5.74) is 0.699. The maximum Gasteiger partial charge on any atom is 0.264 e. The van der Waals surface area contributed by atoms with E-state index in [1.165, 1.54) is 31.3 Å². The van der Waals surface area contributed by atoms with Crippen LogP contribution in [0.15, 0.2) is 53.4 Å². The summed E-state index contributed by atoms with van der Waals surface area (Å²) in [5.74, 6) is -0.278. The third-order valence-electron chi connectivity index (χ3n) is 3.95. The smallest absolute Gasteiger partial charge is 0.264 e. The van der Waals surface area contributed by atoms with Gasteiger partial charge in [0.25, 0.3) is 15.9 Å². The van der Waals surface area contributed by atoms with Gasteiger partial charge in [-0.05, 0) is 43.7 Å². The summed E-state index contributed by atoms with van der Waals surface area (Å²) < 4.78 is 26.4. The van der Waals surface area contributed by atoms with Gasteiger partial charge in [-0.25, -0.2) is 8.42 Å². The molecular weight excluding hydrogens is 360 g/mol. The van der Waals surface area contributed by atoms with E-state index in [1.807, 2.05) is 13.8 Å². The fourth-order valence-electron chi connectivity index (χ4n) is 2.18. The molecule has 0 spiro atoms. The standard InChI is InChI=1S/C18H21ClN2O3S/c1-4-13(2)20-18(22)16-11-10-14(12-17(16)19)21(3)25(23,24)15-8-6-5-7-9-15/h5-13H,4H2,1-3H3,(H,20,22)/t13-/m1/s1. The number of halogens is 1. The molecule has 0 saturated heterocycles. The van der Waals surface area contributed by atoms with E-state index in [1.54, 1.807) is 24.3 Å². The van der Waals surface area contributed by atoms with Gasteiger partial charge in [0, 0.05) is 13.1 Å². The Labute approximate surface area is 153 Å². The van der Waals surface area contributed by atoms with Gasteiger partial charge < -0.3 is 5.32 Å². The van der Waals surface area contributed by atoms with Gasteiger partial charge >= 0.3 is 0 Å². The predicted octanol–water partition coefficient (Wildman–Crippen LogP) is 3.69. The van der Waals surface area contributed by atoms with Crippen LogP contribution in [-0.2, 0) is 10.0 Å². The van der Waals surface area contributed by atoms with Crippen LogP contribution in [0.25, 0.3) is 0 Å². The second-order valence-electron chi connectivity index (χ2n) is 5.73. The number of benzene rings is 2. The highest BCUT2D eigenvalue weighted by Gasteiger charge is 2.22. The largest absolute Gasteiger partial charge is 0.350 e. The van der Waals surface area contributed by atoms with Gasteiger partial charge in [-0.15, -0.1) is 0 Å². The Bertz CT molecular complexity index is 854. The molecular formula is C18H21ClN2O3S. The van der Waals surface area contributed by atoms with Crippen molar-refractivity contribution in [3.05, 3.63) is 59.1 Å². The minimum Gasteiger partial charge on any atom is -0.350 e. The third kappa shape index (κ3) is 4.32. The molecule has 0 heterocycles. The predicted molar refractivity (Wildman–Crippen MR) is 101 cm³/mol. The van der Waals surface area contributed by atoms with Crippen LogP contribution in [0.1, 0.15) is 30.6 Å². The highest BCUT2D eigenvalue weighted by Crippen LogP contribution is 2.27. The van der Waals surface area contributed by atoms with Gasteiger partial charge in [0.2, 0.25) is 0 Å². The Morgan fingerprint density at radius 2 is 1.84 bits per heavy atom. The van der Waals surface area contributed by atoms with E-state index in [0.717, 1.165) is 10.7 Å². The number of carbonyl (C=O) groups excluding carboxylic acids is 1. The first-order valence-corrected chi connectivity index (χ1v) is 9.73. The van der Waals surface area contributed by atoms with Crippen LogP contribution in [0.5, 0.6) is 0 Å². The lowest BCUT2D eigenvalue weighted by atomic mass is 10.1. The molecule has 1 N–H and O–H groups in total. The lowest BCUT2D eigenvalue weighted by molar-refractivity contribution is 0.0939. The van der Waals surface area contributed by atoms with Crippen molar-refractivity contribution in [1.29, 1.82) is 0 Å². The number of amides is 1. The first-order valence-electron chi connectivity index (χ1n) is 7.91. The Kier molecular flexibility index (Phi) is 6.08. The van der Waals surface area contributed by atoms with Crippen LogP contribution in [0.2, 0.25) is 5.02 Å². The molecule has 25 heavy (non-hydrogen) atoms. The summed E-state index contributed by atoms with van der Waals surface area (Å²) in [7, 11) is -2.24. The zero-order valence-corrected chi connectivity index (χ0v) is 15.9. The summed E-state index contributed by atoms with van der Waals surface area (Å²) in [5, 5.41) is 3.04. The zero-order chi connectivity index (χ0) is 18.6. The molecule has 134 valence electrons. The van der Waals surface area contributed by atoms with Crippen LogP contribution < -0.4 is 9.62 Å². The number of carbonyl (C=O) groups is 1. The molecule has 5 nitrogen and oxygen atoms in total. The monoisotopic (exact) mass is 380 g/mol. The van der Waals surface area contributed by atoms with Crippen molar-refractivity contribution in [3.63, 3.8) is 0 Å². The fourth-order valence-corrected chi connectivity index (χ4v) is 3.65. The van der Waals surface area contributed by atoms with Crippen molar-refractivity contribution < 1.29 is 13.2 Å². The Balaban J connectivity index is 2.29. The van der Waals surface area contributed by atoms with Crippen molar-refractivity contribution >= 4 is 33.2 Å². The number of rotatable bonds is 6. The summed E-state index contributed by atoms with van der Waals surface area (Å²) in [6.45, 7) is 3.87. The van der Waals surface area contributed by atoms with Crippen molar-refractivity contribution in [2.75, 3.05) is 11.4 Å². The molecule has 0 unspecified atom stereocenters. The highest BCUT2D eigenvalue weighted by molar-refractivity contribution is 7.92. The molecule has 1 atom stereocenters. The molecule has 1 amide bonds. The molecule has 0 aliphatic heterocycles. The molecule has 0 aliphatic carbocycles. The second-order valence-corrected chi connectivity index (χ2v) is 8.11. The van der Waals surface area contributed by atoms with Crippen LogP contribution in [0.4, 0.5) is 5.69 Å². The van der Waals surface area contributed by atoms with Crippen LogP contribution in [-0.4, -0.2) is 27.4 Å². The summed E-state index contributed by atoms with van der Waals surface area (Å²) in [6, 6.07) is 12.7. The maximum atomic E-state index is 12.7. The molecule has 0 aliphatic rings. The Hall–Kier alpha value is -2.05. The van der Waals surface area contributed by atoms with E-state index in [2.05, 4.69) is 5.32 Å². The van der Waals surface area contributed by atoms with Gasteiger partial charge in [-0.1, -0.05) is 36.7 Å². The van der Waals surface area contributed by atoms with E-state index in [-0.39, 0.29) is 21.9 Å². The normalized spacial score (nSPS) is 12.5. The van der Waals surface area contributed by atoms with Crippen LogP contribution in [0.3, 0.4) is 0 Å². The second kappa shape index (κ2) is 7.89. The molecule has 7 heteroatoms. The average Bonchev–Trinajstić information content (AvgIpc) is 2.61. The van der Waals surface area contributed by atoms with E-state index in [0.29, 0.717) is 11.3 Å². The highest BCUT2D eigenvalue weighted by atomic mass is 35.5. The van der Waals surface area contributed by atoms with E-state index < -0.39 is 10.0 Å². The van der Waals surface area contributed by atoms with Crippen LogP contribution in [0, 0.1) is 0 Å². The molecule has 2 aromatic carbocycles. The average molecular weight is 381 g/mol. The number of nitrogens with one attached hydrogen (secondary N) is 1. The van der Waals surface area contributed by atoms with Gasteiger partial charge in [0.05, 0.1) is 21.2 Å². The van der Waals surface area contributed by atoms with Gasteiger partial charge in [-0.2, -0.15) is 0 Å². The van der Waals surface area contributed by atoms with Gasteiger partial charge in [-0.3, -0.25) is 9.10 Å². The van der Waals surface area contributed by atoms with Gasteiger partial charge in [0.1, 0.15) is 0 Å². The fraction of sp³-hybridized carbons (Fsp3) is 0.278.